The van der Waals surface area contributed by atoms with Crippen LogP contribution >= 0.6 is 15.9 Å². The Kier molecular flexibility index (Phi) is 4.85. The standard InChI is InChI=1S/C16H24BrN/c1-3-18-12-16(10-8-13(2)9-11-16)14-4-6-15(17)7-5-14/h4-7,13,18H,3,8-12H2,1-2H3. The van der Waals surface area contributed by atoms with Crippen LogP contribution in [0.15, 0.2) is 28.7 Å². The summed E-state index contributed by atoms with van der Waals surface area (Å²) in [6.45, 7) is 6.77. The Morgan fingerprint density at radius 2 is 1.83 bits per heavy atom. The van der Waals surface area contributed by atoms with Gasteiger partial charge in [-0.05, 0) is 55.8 Å². The Balaban J connectivity index is 2.21. The SMILES string of the molecule is CCNCC1(c2ccc(Br)cc2)CCC(C)CC1. The van der Waals surface area contributed by atoms with E-state index in [-0.39, 0.29) is 0 Å². The highest BCUT2D eigenvalue weighted by Gasteiger charge is 2.35. The minimum atomic E-state index is 0.364. The van der Waals surface area contributed by atoms with E-state index in [1.807, 2.05) is 0 Å². The second kappa shape index (κ2) is 6.21. The molecule has 1 aromatic rings. The number of nitrogens with one attached hydrogen (secondary N) is 1. The highest BCUT2D eigenvalue weighted by Crippen LogP contribution is 2.41. The first kappa shape index (κ1) is 14.1. The van der Waals surface area contributed by atoms with Crippen LogP contribution in [-0.2, 0) is 5.41 Å². The van der Waals surface area contributed by atoms with Crippen LogP contribution in [0.1, 0.15) is 45.1 Å². The van der Waals surface area contributed by atoms with Gasteiger partial charge in [0.2, 0.25) is 0 Å². The lowest BCUT2D eigenvalue weighted by Gasteiger charge is -2.40. The van der Waals surface area contributed by atoms with Crippen molar-refractivity contribution in [3.05, 3.63) is 34.3 Å². The van der Waals surface area contributed by atoms with Gasteiger partial charge in [-0.25, -0.2) is 0 Å². The molecule has 0 spiro atoms. The van der Waals surface area contributed by atoms with Gasteiger partial charge in [-0.3, -0.25) is 0 Å². The molecule has 0 aliphatic heterocycles. The fraction of sp³-hybridized carbons (Fsp3) is 0.625. The zero-order chi connectivity index (χ0) is 13.0. The third kappa shape index (κ3) is 3.16. The summed E-state index contributed by atoms with van der Waals surface area (Å²) in [6.07, 6.45) is 5.37. The monoisotopic (exact) mass is 309 g/mol. The molecule has 1 aliphatic carbocycles. The molecule has 1 nitrogen and oxygen atoms in total. The van der Waals surface area contributed by atoms with Gasteiger partial charge >= 0.3 is 0 Å². The molecule has 0 radical (unpaired) electrons. The van der Waals surface area contributed by atoms with E-state index in [4.69, 9.17) is 0 Å². The Bertz CT molecular complexity index is 358. The van der Waals surface area contributed by atoms with Crippen LogP contribution in [0.3, 0.4) is 0 Å². The summed E-state index contributed by atoms with van der Waals surface area (Å²) in [5.74, 6) is 0.898. The molecule has 0 aromatic heterocycles. The van der Waals surface area contributed by atoms with Gasteiger partial charge in [0.05, 0.1) is 0 Å². The number of likely N-dealkylation sites (N-methyl/N-ethyl adjacent to an activating group) is 1. The lowest BCUT2D eigenvalue weighted by molar-refractivity contribution is 0.235. The number of rotatable bonds is 4. The Hall–Kier alpha value is -0.340. The molecule has 2 heteroatoms. The molecule has 0 unspecified atom stereocenters. The fourth-order valence-corrected chi connectivity index (χ4v) is 3.31. The third-order valence-corrected chi connectivity index (χ3v) is 4.93. The van der Waals surface area contributed by atoms with Gasteiger partial charge in [-0.1, -0.05) is 41.9 Å². The minimum absolute atomic E-state index is 0.364. The molecule has 0 saturated heterocycles. The first-order valence-corrected chi connectivity index (χ1v) is 7.92. The summed E-state index contributed by atoms with van der Waals surface area (Å²) in [4.78, 5) is 0. The van der Waals surface area contributed by atoms with Gasteiger partial charge in [0, 0.05) is 16.4 Å². The van der Waals surface area contributed by atoms with Gasteiger partial charge in [-0.15, -0.1) is 0 Å². The molecule has 0 heterocycles. The van der Waals surface area contributed by atoms with E-state index in [1.165, 1.54) is 35.7 Å². The summed E-state index contributed by atoms with van der Waals surface area (Å²) < 4.78 is 1.18. The second-order valence-corrected chi connectivity index (χ2v) is 6.67. The fourth-order valence-electron chi connectivity index (χ4n) is 3.05. The van der Waals surface area contributed by atoms with Gasteiger partial charge in [0.1, 0.15) is 0 Å². The van der Waals surface area contributed by atoms with E-state index in [0.29, 0.717) is 5.41 Å². The molecule has 18 heavy (non-hydrogen) atoms. The maximum absolute atomic E-state index is 3.58. The lowest BCUT2D eigenvalue weighted by atomic mass is 9.67. The molecule has 1 aliphatic rings. The zero-order valence-electron chi connectivity index (χ0n) is 11.5. The van der Waals surface area contributed by atoms with Crippen LogP contribution < -0.4 is 5.32 Å². The second-order valence-electron chi connectivity index (χ2n) is 5.75. The van der Waals surface area contributed by atoms with Crippen molar-refractivity contribution in [2.24, 2.45) is 5.92 Å². The van der Waals surface area contributed by atoms with Crippen LogP contribution in [-0.4, -0.2) is 13.1 Å². The molecule has 1 saturated carbocycles. The average Bonchev–Trinajstić information content (AvgIpc) is 2.40. The van der Waals surface area contributed by atoms with Crippen molar-refractivity contribution >= 4 is 15.9 Å². The van der Waals surface area contributed by atoms with Crippen LogP contribution in [0, 0.1) is 5.92 Å². The predicted molar refractivity (Wildman–Crippen MR) is 82.0 cm³/mol. The normalized spacial score (nSPS) is 28.3. The minimum Gasteiger partial charge on any atom is -0.316 e. The van der Waals surface area contributed by atoms with E-state index in [2.05, 4.69) is 59.4 Å². The Morgan fingerprint density at radius 1 is 1.22 bits per heavy atom. The number of hydrogen-bond donors (Lipinski definition) is 1. The van der Waals surface area contributed by atoms with Gasteiger partial charge < -0.3 is 5.32 Å². The van der Waals surface area contributed by atoms with Gasteiger partial charge in [0.25, 0.3) is 0 Å². The van der Waals surface area contributed by atoms with Gasteiger partial charge in [-0.2, -0.15) is 0 Å². The van der Waals surface area contributed by atoms with Crippen molar-refractivity contribution in [3.8, 4) is 0 Å². The summed E-state index contributed by atoms with van der Waals surface area (Å²) in [5, 5.41) is 3.58. The van der Waals surface area contributed by atoms with Crippen molar-refractivity contribution < 1.29 is 0 Å². The van der Waals surface area contributed by atoms with Crippen molar-refractivity contribution in [3.63, 3.8) is 0 Å². The third-order valence-electron chi connectivity index (χ3n) is 4.40. The van der Waals surface area contributed by atoms with E-state index in [0.717, 1.165) is 19.0 Å². The van der Waals surface area contributed by atoms with Crippen LogP contribution in [0.25, 0.3) is 0 Å². The number of hydrogen-bond acceptors (Lipinski definition) is 1. The maximum atomic E-state index is 3.58. The first-order valence-electron chi connectivity index (χ1n) is 7.13. The molecule has 100 valence electrons. The molecule has 1 aromatic carbocycles. The molecule has 0 atom stereocenters. The molecular weight excluding hydrogens is 286 g/mol. The summed E-state index contributed by atoms with van der Waals surface area (Å²) >= 11 is 3.53. The van der Waals surface area contributed by atoms with E-state index in [1.54, 1.807) is 0 Å². The quantitative estimate of drug-likeness (QED) is 0.863. The predicted octanol–water partition coefficient (Wildman–Crippen LogP) is 4.51. The van der Waals surface area contributed by atoms with E-state index < -0.39 is 0 Å². The molecule has 0 amide bonds. The maximum Gasteiger partial charge on any atom is 0.0175 e. The molecule has 2 rings (SSSR count). The topological polar surface area (TPSA) is 12.0 Å². The number of benzene rings is 1. The van der Waals surface area contributed by atoms with Crippen LogP contribution in [0.4, 0.5) is 0 Å². The number of halogens is 1. The van der Waals surface area contributed by atoms with Crippen LogP contribution in [0.5, 0.6) is 0 Å². The van der Waals surface area contributed by atoms with Crippen LogP contribution in [0.2, 0.25) is 0 Å². The van der Waals surface area contributed by atoms with Gasteiger partial charge in [0.15, 0.2) is 0 Å². The van der Waals surface area contributed by atoms with Crippen molar-refractivity contribution in [2.45, 2.75) is 44.9 Å². The van der Waals surface area contributed by atoms with Crippen molar-refractivity contribution in [2.75, 3.05) is 13.1 Å². The van der Waals surface area contributed by atoms with E-state index >= 15 is 0 Å². The molecule has 1 fully saturated rings. The lowest BCUT2D eigenvalue weighted by Crippen LogP contribution is -2.41. The highest BCUT2D eigenvalue weighted by molar-refractivity contribution is 9.10. The first-order chi connectivity index (χ1) is 8.66. The molecular formula is C16H24BrN. The molecule has 1 N–H and O–H groups in total. The highest BCUT2D eigenvalue weighted by atomic mass is 79.9. The average molecular weight is 310 g/mol. The smallest absolute Gasteiger partial charge is 0.0175 e. The van der Waals surface area contributed by atoms with E-state index in [9.17, 15) is 0 Å². The van der Waals surface area contributed by atoms with Crippen molar-refractivity contribution in [1.29, 1.82) is 0 Å². The summed E-state index contributed by atoms with van der Waals surface area (Å²) in [6, 6.07) is 8.97. The zero-order valence-corrected chi connectivity index (χ0v) is 13.1. The Labute approximate surface area is 119 Å². The largest absolute Gasteiger partial charge is 0.316 e. The van der Waals surface area contributed by atoms with Crippen molar-refractivity contribution in [1.82, 2.24) is 5.32 Å². The summed E-state index contributed by atoms with van der Waals surface area (Å²) in [7, 11) is 0. The molecule has 0 bridgehead atoms. The Morgan fingerprint density at radius 3 is 2.39 bits per heavy atom. The summed E-state index contributed by atoms with van der Waals surface area (Å²) in [5.41, 5.74) is 1.88.